The molecule has 1 heterocycles. The zero-order valence-electron chi connectivity index (χ0n) is 13.0. The van der Waals surface area contributed by atoms with Crippen molar-refractivity contribution in [2.75, 3.05) is 10.6 Å². The largest absolute Gasteiger partial charge is 0.433 e. The standard InChI is InChI=1S/C16H15ClF4N4/c17-11-7-10(5-6-12(11)18)22-14-8-13(16(19,20)21)24-15(25-14)23-9-3-1-2-4-9/h5-9H,1-4H2,(H2,22,23,24,25). The van der Waals surface area contributed by atoms with Gasteiger partial charge in [-0.3, -0.25) is 0 Å². The number of nitrogens with zero attached hydrogens (tertiary/aromatic N) is 2. The second kappa shape index (κ2) is 7.03. The Kier molecular flexibility index (Phi) is 4.99. The van der Waals surface area contributed by atoms with Gasteiger partial charge in [-0.1, -0.05) is 24.4 Å². The molecule has 25 heavy (non-hydrogen) atoms. The van der Waals surface area contributed by atoms with E-state index < -0.39 is 17.7 Å². The van der Waals surface area contributed by atoms with Gasteiger partial charge in [-0.2, -0.15) is 18.2 Å². The van der Waals surface area contributed by atoms with E-state index in [4.69, 9.17) is 11.6 Å². The Morgan fingerprint density at radius 3 is 2.44 bits per heavy atom. The van der Waals surface area contributed by atoms with E-state index in [1.165, 1.54) is 12.1 Å². The minimum absolute atomic E-state index is 0.0505. The van der Waals surface area contributed by atoms with Crippen LogP contribution in [-0.2, 0) is 6.18 Å². The summed E-state index contributed by atoms with van der Waals surface area (Å²) in [5, 5.41) is 5.52. The molecule has 1 aromatic heterocycles. The lowest BCUT2D eigenvalue weighted by Crippen LogP contribution is -2.19. The van der Waals surface area contributed by atoms with E-state index in [9.17, 15) is 17.6 Å². The van der Waals surface area contributed by atoms with E-state index in [-0.39, 0.29) is 22.8 Å². The number of hydrogen-bond donors (Lipinski definition) is 2. The summed E-state index contributed by atoms with van der Waals surface area (Å²) in [5.74, 6) is -0.752. The fourth-order valence-electron chi connectivity index (χ4n) is 2.70. The summed E-state index contributed by atoms with van der Waals surface area (Å²) < 4.78 is 52.5. The highest BCUT2D eigenvalue weighted by molar-refractivity contribution is 6.31. The number of benzene rings is 1. The molecule has 9 heteroatoms. The van der Waals surface area contributed by atoms with Crippen molar-refractivity contribution in [2.45, 2.75) is 37.9 Å². The van der Waals surface area contributed by atoms with Gasteiger partial charge >= 0.3 is 6.18 Å². The molecule has 0 atom stereocenters. The maximum atomic E-state index is 13.2. The van der Waals surface area contributed by atoms with Crippen molar-refractivity contribution < 1.29 is 17.6 Å². The van der Waals surface area contributed by atoms with Crippen molar-refractivity contribution in [2.24, 2.45) is 0 Å². The summed E-state index contributed by atoms with van der Waals surface area (Å²) in [5.41, 5.74) is -0.733. The van der Waals surface area contributed by atoms with Crippen LogP contribution in [0.1, 0.15) is 31.4 Å². The Morgan fingerprint density at radius 1 is 1.08 bits per heavy atom. The van der Waals surface area contributed by atoms with E-state index in [0.29, 0.717) is 5.69 Å². The van der Waals surface area contributed by atoms with Crippen molar-refractivity contribution >= 4 is 29.1 Å². The fourth-order valence-corrected chi connectivity index (χ4v) is 2.88. The quantitative estimate of drug-likeness (QED) is 0.705. The Labute approximate surface area is 146 Å². The van der Waals surface area contributed by atoms with E-state index >= 15 is 0 Å². The molecule has 4 nitrogen and oxygen atoms in total. The van der Waals surface area contributed by atoms with Crippen LogP contribution in [0.3, 0.4) is 0 Å². The number of aromatic nitrogens is 2. The van der Waals surface area contributed by atoms with Crippen LogP contribution >= 0.6 is 11.6 Å². The minimum Gasteiger partial charge on any atom is -0.351 e. The molecule has 1 saturated carbocycles. The number of anilines is 3. The Balaban J connectivity index is 1.89. The molecule has 1 aliphatic carbocycles. The SMILES string of the molecule is Fc1ccc(Nc2cc(C(F)(F)F)nc(NC3CCCC3)n2)cc1Cl. The fraction of sp³-hybridized carbons (Fsp3) is 0.375. The molecule has 2 N–H and O–H groups in total. The minimum atomic E-state index is -4.61. The Bertz CT molecular complexity index is 760. The van der Waals surface area contributed by atoms with Crippen molar-refractivity contribution in [1.29, 1.82) is 0 Å². The first-order valence-corrected chi connectivity index (χ1v) is 8.14. The summed E-state index contributed by atoms with van der Waals surface area (Å²) >= 11 is 5.69. The van der Waals surface area contributed by atoms with Gasteiger partial charge in [-0.25, -0.2) is 9.37 Å². The van der Waals surface area contributed by atoms with Gasteiger partial charge in [0.2, 0.25) is 5.95 Å². The zero-order valence-corrected chi connectivity index (χ0v) is 13.8. The van der Waals surface area contributed by atoms with E-state index in [1.807, 2.05) is 0 Å². The maximum Gasteiger partial charge on any atom is 0.433 e. The number of hydrogen-bond acceptors (Lipinski definition) is 4. The summed E-state index contributed by atoms with van der Waals surface area (Å²) in [6.45, 7) is 0. The zero-order chi connectivity index (χ0) is 18.0. The second-order valence-corrected chi connectivity index (χ2v) is 6.25. The van der Waals surface area contributed by atoms with Crippen molar-refractivity contribution in [1.82, 2.24) is 9.97 Å². The molecule has 1 aliphatic rings. The van der Waals surface area contributed by atoms with Gasteiger partial charge in [-0.15, -0.1) is 0 Å². The molecule has 1 fully saturated rings. The normalized spacial score (nSPS) is 15.4. The predicted octanol–water partition coefficient (Wildman–Crippen LogP) is 5.39. The smallest absolute Gasteiger partial charge is 0.351 e. The highest BCUT2D eigenvalue weighted by Gasteiger charge is 2.34. The third-order valence-electron chi connectivity index (χ3n) is 3.90. The highest BCUT2D eigenvalue weighted by atomic mass is 35.5. The topological polar surface area (TPSA) is 49.8 Å². The van der Waals surface area contributed by atoms with Crippen LogP contribution in [0, 0.1) is 5.82 Å². The number of alkyl halides is 3. The summed E-state index contributed by atoms with van der Waals surface area (Å²) in [4.78, 5) is 7.66. The van der Waals surface area contributed by atoms with Crippen LogP contribution in [0.5, 0.6) is 0 Å². The molecule has 2 aromatic rings. The highest BCUT2D eigenvalue weighted by Crippen LogP contribution is 2.31. The first-order valence-electron chi connectivity index (χ1n) is 7.76. The van der Waals surface area contributed by atoms with Crippen LogP contribution < -0.4 is 10.6 Å². The average molecular weight is 375 g/mol. The number of rotatable bonds is 4. The molecule has 0 amide bonds. The average Bonchev–Trinajstić information content (AvgIpc) is 3.03. The summed E-state index contributed by atoms with van der Waals surface area (Å²) in [6, 6.07) is 4.62. The van der Waals surface area contributed by atoms with Gasteiger partial charge in [0.15, 0.2) is 5.69 Å². The van der Waals surface area contributed by atoms with Gasteiger partial charge in [0, 0.05) is 17.8 Å². The molecular weight excluding hydrogens is 360 g/mol. The molecule has 0 radical (unpaired) electrons. The second-order valence-electron chi connectivity index (χ2n) is 5.84. The first-order chi connectivity index (χ1) is 11.8. The van der Waals surface area contributed by atoms with E-state index in [1.54, 1.807) is 0 Å². The van der Waals surface area contributed by atoms with Crippen molar-refractivity contribution in [3.05, 3.63) is 40.8 Å². The van der Waals surface area contributed by atoms with Crippen LogP contribution in [0.15, 0.2) is 24.3 Å². The lowest BCUT2D eigenvalue weighted by Gasteiger charge is -2.16. The van der Waals surface area contributed by atoms with Crippen LogP contribution in [0.2, 0.25) is 5.02 Å². The molecular formula is C16H15ClF4N4. The Morgan fingerprint density at radius 2 is 1.80 bits per heavy atom. The lowest BCUT2D eigenvalue weighted by molar-refractivity contribution is -0.141. The molecule has 0 spiro atoms. The van der Waals surface area contributed by atoms with E-state index in [2.05, 4.69) is 20.6 Å². The van der Waals surface area contributed by atoms with E-state index in [0.717, 1.165) is 37.8 Å². The monoisotopic (exact) mass is 374 g/mol. The van der Waals surface area contributed by atoms with Crippen LogP contribution in [-0.4, -0.2) is 16.0 Å². The third-order valence-corrected chi connectivity index (χ3v) is 4.19. The van der Waals surface area contributed by atoms with Gasteiger partial charge in [0.25, 0.3) is 0 Å². The summed E-state index contributed by atoms with van der Waals surface area (Å²) in [6.07, 6.45) is -0.816. The molecule has 3 rings (SSSR count). The first kappa shape index (κ1) is 17.7. The van der Waals surface area contributed by atoms with Gasteiger partial charge in [0.05, 0.1) is 5.02 Å². The molecule has 134 valence electrons. The van der Waals surface area contributed by atoms with Gasteiger partial charge in [0.1, 0.15) is 11.6 Å². The lowest BCUT2D eigenvalue weighted by atomic mass is 10.2. The molecule has 0 aliphatic heterocycles. The Hall–Kier alpha value is -2.09. The number of nitrogens with one attached hydrogen (secondary N) is 2. The molecule has 0 bridgehead atoms. The maximum absolute atomic E-state index is 13.2. The van der Waals surface area contributed by atoms with Crippen molar-refractivity contribution in [3.63, 3.8) is 0 Å². The van der Waals surface area contributed by atoms with Gasteiger partial charge in [-0.05, 0) is 31.0 Å². The molecule has 0 unspecified atom stereocenters. The number of halogens is 5. The predicted molar refractivity (Wildman–Crippen MR) is 87.6 cm³/mol. The van der Waals surface area contributed by atoms with Gasteiger partial charge < -0.3 is 10.6 Å². The molecule has 0 saturated heterocycles. The summed E-state index contributed by atoms with van der Waals surface area (Å²) in [7, 11) is 0. The van der Waals surface area contributed by atoms with Crippen molar-refractivity contribution in [3.8, 4) is 0 Å². The van der Waals surface area contributed by atoms with Crippen LogP contribution in [0.4, 0.5) is 35.0 Å². The van der Waals surface area contributed by atoms with Crippen LogP contribution in [0.25, 0.3) is 0 Å². The molecule has 1 aromatic carbocycles. The third kappa shape index (κ3) is 4.50.